The average Bonchev–Trinajstić information content (AvgIpc) is 2.56. The van der Waals surface area contributed by atoms with E-state index in [-0.39, 0.29) is 11.8 Å². The minimum atomic E-state index is -0.0232. The van der Waals surface area contributed by atoms with Crippen molar-refractivity contribution >= 4 is 23.0 Å². The van der Waals surface area contributed by atoms with Crippen molar-refractivity contribution in [2.45, 2.75) is 13.3 Å². The van der Waals surface area contributed by atoms with Gasteiger partial charge in [-0.15, -0.1) is 0 Å². The first-order valence-corrected chi connectivity index (χ1v) is 7.50. The zero-order chi connectivity index (χ0) is 16.4. The Morgan fingerprint density at radius 1 is 1.22 bits per heavy atom. The molecule has 0 bridgehead atoms. The summed E-state index contributed by atoms with van der Waals surface area (Å²) in [6, 6.07) is 14.9. The Labute approximate surface area is 135 Å². The van der Waals surface area contributed by atoms with Gasteiger partial charge in [-0.25, -0.2) is 5.01 Å². The van der Waals surface area contributed by atoms with Crippen LogP contribution in [0.2, 0.25) is 0 Å². The largest absolute Gasteiger partial charge is 0.497 e. The van der Waals surface area contributed by atoms with Crippen LogP contribution >= 0.6 is 0 Å². The third kappa shape index (κ3) is 3.04. The number of carbonyl (C=O) groups is 1. The summed E-state index contributed by atoms with van der Waals surface area (Å²) < 4.78 is 5.23. The van der Waals surface area contributed by atoms with Crippen LogP contribution in [-0.2, 0) is 4.79 Å². The molecule has 118 valence electrons. The summed E-state index contributed by atoms with van der Waals surface area (Å²) in [4.78, 5) is 12.4. The van der Waals surface area contributed by atoms with E-state index >= 15 is 0 Å². The number of nitrogens with two attached hydrogens (primary N) is 1. The highest BCUT2D eigenvalue weighted by Gasteiger charge is 2.28. The van der Waals surface area contributed by atoms with Gasteiger partial charge in [-0.3, -0.25) is 4.79 Å². The highest BCUT2D eigenvalue weighted by Crippen LogP contribution is 2.28. The Balaban J connectivity index is 2.02. The summed E-state index contributed by atoms with van der Waals surface area (Å²) in [6.45, 7) is 2.01. The van der Waals surface area contributed by atoms with Gasteiger partial charge in [0.15, 0.2) is 0 Å². The van der Waals surface area contributed by atoms with E-state index in [0.29, 0.717) is 23.5 Å². The van der Waals surface area contributed by atoms with E-state index in [2.05, 4.69) is 5.10 Å². The molecule has 1 aliphatic heterocycles. The number of hydrogen-bond acceptors (Lipinski definition) is 4. The molecule has 0 aromatic heterocycles. The fourth-order valence-corrected chi connectivity index (χ4v) is 2.65. The van der Waals surface area contributed by atoms with E-state index in [1.807, 2.05) is 49.4 Å². The number of rotatable bonds is 3. The molecule has 0 radical (unpaired) electrons. The molecule has 0 saturated heterocycles. The minimum absolute atomic E-state index is 0.0232. The highest BCUT2D eigenvalue weighted by molar-refractivity contribution is 6.10. The fraction of sp³-hybridized carbons (Fsp3) is 0.222. The number of hydrazone groups is 1. The van der Waals surface area contributed by atoms with Crippen LogP contribution in [0.15, 0.2) is 53.6 Å². The lowest BCUT2D eigenvalue weighted by Crippen LogP contribution is -2.36. The van der Waals surface area contributed by atoms with Crippen molar-refractivity contribution in [2.24, 2.45) is 11.0 Å². The van der Waals surface area contributed by atoms with Crippen LogP contribution in [0.3, 0.4) is 0 Å². The van der Waals surface area contributed by atoms with Crippen LogP contribution < -0.4 is 15.5 Å². The maximum absolute atomic E-state index is 12.4. The molecule has 2 aromatic carbocycles. The van der Waals surface area contributed by atoms with E-state index in [4.69, 9.17) is 10.5 Å². The van der Waals surface area contributed by atoms with E-state index in [1.165, 1.54) is 5.01 Å². The third-order valence-corrected chi connectivity index (χ3v) is 3.90. The standard InChI is InChI=1S/C18H19N3O2/c1-12-10-17(22)21(15-4-3-5-16(11-15)23-2)20-18(12)13-6-8-14(19)9-7-13/h3-9,11-12H,10,19H2,1-2H3. The van der Waals surface area contributed by atoms with Crippen molar-refractivity contribution in [2.75, 3.05) is 17.9 Å². The Hall–Kier alpha value is -2.82. The Morgan fingerprint density at radius 3 is 2.65 bits per heavy atom. The Bertz CT molecular complexity index is 753. The number of amides is 1. The molecular weight excluding hydrogens is 290 g/mol. The minimum Gasteiger partial charge on any atom is -0.497 e. The predicted molar refractivity (Wildman–Crippen MR) is 91.7 cm³/mol. The second-order valence-electron chi connectivity index (χ2n) is 5.62. The molecule has 2 aromatic rings. The van der Waals surface area contributed by atoms with Gasteiger partial charge in [0.05, 0.1) is 18.5 Å². The van der Waals surface area contributed by atoms with Gasteiger partial charge in [-0.05, 0) is 29.8 Å². The topological polar surface area (TPSA) is 67.9 Å². The van der Waals surface area contributed by atoms with Crippen LogP contribution in [0.5, 0.6) is 5.75 Å². The number of methoxy groups -OCH3 is 1. The normalized spacial score (nSPS) is 17.8. The highest BCUT2D eigenvalue weighted by atomic mass is 16.5. The molecule has 5 nitrogen and oxygen atoms in total. The van der Waals surface area contributed by atoms with Gasteiger partial charge in [0.2, 0.25) is 5.91 Å². The maximum atomic E-state index is 12.4. The smallest absolute Gasteiger partial charge is 0.248 e. The summed E-state index contributed by atoms with van der Waals surface area (Å²) >= 11 is 0. The molecule has 0 aliphatic carbocycles. The zero-order valence-corrected chi connectivity index (χ0v) is 13.2. The monoisotopic (exact) mass is 309 g/mol. The summed E-state index contributed by atoms with van der Waals surface area (Å²) in [5, 5.41) is 6.05. The number of hydrogen-bond donors (Lipinski definition) is 1. The Kier molecular flexibility index (Phi) is 4.02. The lowest BCUT2D eigenvalue weighted by Gasteiger charge is -2.28. The molecule has 1 unspecified atom stereocenters. The molecule has 3 rings (SSSR count). The molecule has 5 heteroatoms. The molecule has 23 heavy (non-hydrogen) atoms. The first-order chi connectivity index (χ1) is 11.1. The van der Waals surface area contributed by atoms with Crippen LogP contribution in [-0.4, -0.2) is 18.7 Å². The zero-order valence-electron chi connectivity index (χ0n) is 13.2. The maximum Gasteiger partial charge on any atom is 0.248 e. The van der Waals surface area contributed by atoms with Crippen molar-refractivity contribution in [3.8, 4) is 5.75 Å². The molecule has 2 N–H and O–H groups in total. The van der Waals surface area contributed by atoms with Gasteiger partial charge in [0.1, 0.15) is 5.75 Å². The van der Waals surface area contributed by atoms with Crippen molar-refractivity contribution < 1.29 is 9.53 Å². The van der Waals surface area contributed by atoms with Crippen LogP contribution in [0, 0.1) is 5.92 Å². The van der Waals surface area contributed by atoms with Gasteiger partial charge >= 0.3 is 0 Å². The number of ether oxygens (including phenoxy) is 1. The van der Waals surface area contributed by atoms with Crippen LogP contribution in [0.4, 0.5) is 11.4 Å². The van der Waals surface area contributed by atoms with Crippen LogP contribution in [0.1, 0.15) is 18.9 Å². The number of benzene rings is 2. The number of carbonyl (C=O) groups excluding carboxylic acids is 1. The fourth-order valence-electron chi connectivity index (χ4n) is 2.65. The molecule has 1 amide bonds. The van der Waals surface area contributed by atoms with Gasteiger partial charge < -0.3 is 10.5 Å². The summed E-state index contributed by atoms with van der Waals surface area (Å²) in [7, 11) is 1.60. The quantitative estimate of drug-likeness (QED) is 0.886. The molecule has 0 saturated carbocycles. The lowest BCUT2D eigenvalue weighted by molar-refractivity contribution is -0.119. The number of nitrogens with zero attached hydrogens (tertiary/aromatic N) is 2. The van der Waals surface area contributed by atoms with E-state index < -0.39 is 0 Å². The molecule has 1 aliphatic rings. The predicted octanol–water partition coefficient (Wildman–Crippen LogP) is 3.05. The summed E-state index contributed by atoms with van der Waals surface area (Å²) in [6.07, 6.45) is 0.417. The van der Waals surface area contributed by atoms with Gasteiger partial charge in [-0.1, -0.05) is 25.1 Å². The molecule has 1 heterocycles. The summed E-state index contributed by atoms with van der Waals surface area (Å²) in [5.41, 5.74) is 9.02. The first-order valence-electron chi connectivity index (χ1n) is 7.50. The average molecular weight is 309 g/mol. The van der Waals surface area contributed by atoms with Crippen molar-refractivity contribution in [1.29, 1.82) is 0 Å². The molecule has 1 atom stereocenters. The van der Waals surface area contributed by atoms with E-state index in [9.17, 15) is 4.79 Å². The lowest BCUT2D eigenvalue weighted by atomic mass is 9.93. The van der Waals surface area contributed by atoms with Gasteiger partial charge in [0, 0.05) is 24.1 Å². The second-order valence-corrected chi connectivity index (χ2v) is 5.62. The van der Waals surface area contributed by atoms with Crippen LogP contribution in [0.25, 0.3) is 0 Å². The molecule has 0 fully saturated rings. The van der Waals surface area contributed by atoms with Crippen molar-refractivity contribution in [1.82, 2.24) is 0 Å². The number of nitrogen functional groups attached to an aromatic ring is 1. The Morgan fingerprint density at radius 2 is 1.96 bits per heavy atom. The summed E-state index contributed by atoms with van der Waals surface area (Å²) in [5.74, 6) is 0.732. The first kappa shape index (κ1) is 15.1. The third-order valence-electron chi connectivity index (χ3n) is 3.90. The molecule has 0 spiro atoms. The van der Waals surface area contributed by atoms with E-state index in [0.717, 1.165) is 11.3 Å². The number of anilines is 2. The van der Waals surface area contributed by atoms with Crippen molar-refractivity contribution in [3.05, 3.63) is 54.1 Å². The van der Waals surface area contributed by atoms with Gasteiger partial charge in [-0.2, -0.15) is 5.10 Å². The second kappa shape index (κ2) is 6.12. The van der Waals surface area contributed by atoms with E-state index in [1.54, 1.807) is 13.2 Å². The van der Waals surface area contributed by atoms with Crippen molar-refractivity contribution in [3.63, 3.8) is 0 Å². The molecular formula is C18H19N3O2. The van der Waals surface area contributed by atoms with Gasteiger partial charge in [0.25, 0.3) is 0 Å². The SMILES string of the molecule is COc1cccc(N2N=C(c3ccc(N)cc3)C(C)CC2=O)c1.